The number of nitrogens with two attached hydrogens (primary N) is 1. The number of hydrogen-bond acceptors (Lipinski definition) is 2. The summed E-state index contributed by atoms with van der Waals surface area (Å²) in [5.74, 6) is -0.641. The second-order valence-electron chi connectivity index (χ2n) is 3.60. The van der Waals surface area contributed by atoms with Crippen LogP contribution in [0.25, 0.3) is 0 Å². The molecule has 0 aliphatic heterocycles. The van der Waals surface area contributed by atoms with Crippen molar-refractivity contribution in [2.75, 3.05) is 34.3 Å². The summed E-state index contributed by atoms with van der Waals surface area (Å²) in [7, 11) is 6.07. The molecule has 0 aromatic carbocycles. The molecule has 0 fully saturated rings. The maximum atomic E-state index is 10.4. The van der Waals surface area contributed by atoms with E-state index in [9.17, 15) is 4.79 Å². The Morgan fingerprint density at radius 2 is 2.00 bits per heavy atom. The summed E-state index contributed by atoms with van der Waals surface area (Å²) in [6, 6.07) is 0. The van der Waals surface area contributed by atoms with Crippen LogP contribution in [0.2, 0.25) is 0 Å². The summed E-state index contributed by atoms with van der Waals surface area (Å²) in [4.78, 5) is 10.4. The molecule has 13 heavy (non-hydrogen) atoms. The van der Waals surface area contributed by atoms with Crippen LogP contribution in [0.15, 0.2) is 0 Å². The van der Waals surface area contributed by atoms with Crippen LogP contribution in [0.4, 0.5) is 0 Å². The standard InChI is InChI=1S/C7H15ClN2O2.ClH/c1-10(2,3)4-5-12-6(8)7(9)11;/h6H,4-5H2,1-3H3,(H-,9,11);1H. The van der Waals surface area contributed by atoms with Gasteiger partial charge in [0.15, 0.2) is 0 Å². The molecule has 6 heteroatoms. The molecule has 1 atom stereocenters. The van der Waals surface area contributed by atoms with Gasteiger partial charge in [-0.05, 0) is 0 Å². The van der Waals surface area contributed by atoms with Gasteiger partial charge in [-0.25, -0.2) is 0 Å². The Bertz CT molecular complexity index is 159. The molecular weight excluding hydrogens is 215 g/mol. The van der Waals surface area contributed by atoms with Crippen molar-refractivity contribution in [1.29, 1.82) is 0 Å². The maximum Gasteiger partial charge on any atom is 0.262 e. The van der Waals surface area contributed by atoms with Crippen molar-refractivity contribution >= 4 is 17.5 Å². The topological polar surface area (TPSA) is 52.3 Å². The Morgan fingerprint density at radius 1 is 1.54 bits per heavy atom. The van der Waals surface area contributed by atoms with E-state index < -0.39 is 11.5 Å². The van der Waals surface area contributed by atoms with E-state index in [-0.39, 0.29) is 12.4 Å². The van der Waals surface area contributed by atoms with Gasteiger partial charge in [0.05, 0.1) is 27.7 Å². The lowest BCUT2D eigenvalue weighted by Gasteiger charge is -2.23. The van der Waals surface area contributed by atoms with Gasteiger partial charge in [-0.3, -0.25) is 4.79 Å². The van der Waals surface area contributed by atoms with Gasteiger partial charge >= 0.3 is 0 Å². The zero-order valence-corrected chi connectivity index (χ0v) is 9.60. The summed E-state index contributed by atoms with van der Waals surface area (Å²) in [5.41, 5.74) is 3.88. The lowest BCUT2D eigenvalue weighted by molar-refractivity contribution is -0.870. The van der Waals surface area contributed by atoms with Crippen LogP contribution in [0.1, 0.15) is 0 Å². The first-order valence-electron chi connectivity index (χ1n) is 3.68. The number of primary amides is 1. The van der Waals surface area contributed by atoms with Crippen molar-refractivity contribution in [1.82, 2.24) is 0 Å². The summed E-state index contributed by atoms with van der Waals surface area (Å²) < 4.78 is 5.72. The highest BCUT2D eigenvalue weighted by atomic mass is 35.5. The van der Waals surface area contributed by atoms with Crippen molar-refractivity contribution in [3.63, 3.8) is 0 Å². The van der Waals surface area contributed by atoms with E-state index in [1.54, 1.807) is 0 Å². The van der Waals surface area contributed by atoms with Crippen molar-refractivity contribution < 1.29 is 26.4 Å². The molecule has 0 aromatic rings. The number of amides is 1. The monoisotopic (exact) mass is 230 g/mol. The summed E-state index contributed by atoms with van der Waals surface area (Å²) in [6.07, 6.45) is 0. The Balaban J connectivity index is 0. The Morgan fingerprint density at radius 3 is 2.31 bits per heavy atom. The maximum absolute atomic E-state index is 10.4. The highest BCUT2D eigenvalue weighted by Crippen LogP contribution is 1.98. The van der Waals surface area contributed by atoms with Gasteiger partial charge in [0.25, 0.3) is 5.91 Å². The molecule has 2 N–H and O–H groups in total. The molecule has 0 bridgehead atoms. The average molecular weight is 231 g/mol. The van der Waals surface area contributed by atoms with Gasteiger partial charge in [-0.1, -0.05) is 11.6 Å². The number of likely N-dealkylation sites (N-methyl/N-ethyl adjacent to an activating group) is 1. The number of hydrogen-bond donors (Lipinski definition) is 1. The molecule has 0 radical (unpaired) electrons. The summed E-state index contributed by atoms with van der Waals surface area (Å²) in [6.45, 7) is 1.22. The van der Waals surface area contributed by atoms with Gasteiger partial charge in [-0.15, -0.1) is 0 Å². The molecule has 0 heterocycles. The van der Waals surface area contributed by atoms with E-state index in [0.29, 0.717) is 6.61 Å². The SMILES string of the molecule is C[N+](C)(C)CCOC(Cl)C(N)=O.[Cl-]. The molecule has 4 nitrogen and oxygen atoms in total. The molecule has 1 amide bonds. The highest BCUT2D eigenvalue weighted by Gasteiger charge is 2.13. The Hall–Kier alpha value is -0.0300. The van der Waals surface area contributed by atoms with Gasteiger partial charge < -0.3 is 27.4 Å². The lowest BCUT2D eigenvalue weighted by atomic mass is 10.5. The molecule has 0 saturated heterocycles. The number of halogens is 2. The fourth-order valence-electron chi connectivity index (χ4n) is 0.512. The van der Waals surface area contributed by atoms with E-state index in [1.807, 2.05) is 21.1 Å². The van der Waals surface area contributed by atoms with Crippen LogP contribution >= 0.6 is 11.6 Å². The van der Waals surface area contributed by atoms with E-state index in [4.69, 9.17) is 22.1 Å². The number of carbonyl (C=O) groups excluding carboxylic acids is 1. The molecule has 1 unspecified atom stereocenters. The number of rotatable bonds is 5. The molecule has 0 aromatic heterocycles. The zero-order chi connectivity index (χ0) is 9.78. The largest absolute Gasteiger partial charge is 1.00 e. The number of quaternary nitrogens is 1. The number of carbonyl (C=O) groups is 1. The third-order valence-electron chi connectivity index (χ3n) is 1.25. The third-order valence-corrected chi connectivity index (χ3v) is 1.59. The second-order valence-corrected chi connectivity index (χ2v) is 4.00. The number of nitrogens with zero attached hydrogens (tertiary/aromatic N) is 1. The van der Waals surface area contributed by atoms with Crippen LogP contribution in [0, 0.1) is 0 Å². The van der Waals surface area contributed by atoms with E-state index in [0.717, 1.165) is 11.0 Å². The van der Waals surface area contributed by atoms with Crippen LogP contribution < -0.4 is 18.1 Å². The van der Waals surface area contributed by atoms with Gasteiger partial charge in [0.1, 0.15) is 6.54 Å². The van der Waals surface area contributed by atoms with Crippen molar-refractivity contribution in [3.05, 3.63) is 0 Å². The third kappa shape index (κ3) is 9.89. The predicted octanol–water partition coefficient (Wildman–Crippen LogP) is -3.24. The van der Waals surface area contributed by atoms with Crippen LogP contribution in [-0.4, -0.2) is 50.2 Å². The van der Waals surface area contributed by atoms with Crippen LogP contribution in [-0.2, 0) is 9.53 Å². The molecule has 0 spiro atoms. The zero-order valence-electron chi connectivity index (χ0n) is 8.09. The van der Waals surface area contributed by atoms with E-state index >= 15 is 0 Å². The minimum atomic E-state index is -1.00. The minimum absolute atomic E-state index is 0. The lowest BCUT2D eigenvalue weighted by Crippen LogP contribution is -3.00. The van der Waals surface area contributed by atoms with Gasteiger partial charge in [-0.2, -0.15) is 0 Å². The van der Waals surface area contributed by atoms with Crippen LogP contribution in [0.3, 0.4) is 0 Å². The number of alkyl halides is 1. The van der Waals surface area contributed by atoms with Gasteiger partial charge in [0.2, 0.25) is 5.56 Å². The smallest absolute Gasteiger partial charge is 0.262 e. The molecule has 0 aliphatic carbocycles. The van der Waals surface area contributed by atoms with Crippen molar-refractivity contribution in [3.8, 4) is 0 Å². The highest BCUT2D eigenvalue weighted by molar-refractivity contribution is 6.29. The fraction of sp³-hybridized carbons (Fsp3) is 0.857. The molecule has 0 saturated carbocycles. The summed E-state index contributed by atoms with van der Waals surface area (Å²) in [5, 5.41) is 0. The van der Waals surface area contributed by atoms with Crippen molar-refractivity contribution in [2.24, 2.45) is 5.73 Å². The minimum Gasteiger partial charge on any atom is -1.00 e. The average Bonchev–Trinajstić information content (AvgIpc) is 1.84. The van der Waals surface area contributed by atoms with Crippen molar-refractivity contribution in [2.45, 2.75) is 5.56 Å². The first kappa shape index (κ1) is 15.4. The number of ether oxygens (including phenoxy) is 1. The van der Waals surface area contributed by atoms with Gasteiger partial charge in [0, 0.05) is 0 Å². The fourth-order valence-corrected chi connectivity index (χ4v) is 0.601. The first-order valence-corrected chi connectivity index (χ1v) is 4.12. The quantitative estimate of drug-likeness (QED) is 0.399. The molecule has 80 valence electrons. The van der Waals surface area contributed by atoms with E-state index in [1.165, 1.54) is 0 Å². The Labute approximate surface area is 90.0 Å². The van der Waals surface area contributed by atoms with Crippen LogP contribution in [0.5, 0.6) is 0 Å². The predicted molar refractivity (Wildman–Crippen MR) is 47.7 cm³/mol. The molecular formula is C7H16Cl2N2O2. The molecule has 0 aliphatic rings. The second kappa shape index (κ2) is 6.43. The van der Waals surface area contributed by atoms with E-state index in [2.05, 4.69) is 0 Å². The summed E-state index contributed by atoms with van der Waals surface area (Å²) >= 11 is 5.44. The Kier molecular flexibility index (Phi) is 7.64. The normalized spacial score (nSPS) is 13.2. The molecule has 0 rings (SSSR count). The first-order chi connectivity index (χ1) is 5.33.